The maximum atomic E-state index is 5.14. The number of hydrogen-bond acceptors (Lipinski definition) is 1. The zero-order chi connectivity index (χ0) is 9.23. The molecular formula is C11H21N. The smallest absolute Gasteiger partial charge is 0.00865 e. The zero-order valence-electron chi connectivity index (χ0n) is 8.40. The van der Waals surface area contributed by atoms with Gasteiger partial charge < -0.3 is 5.32 Å². The second-order valence-electron chi connectivity index (χ2n) is 3.38. The highest BCUT2D eigenvalue weighted by molar-refractivity contribution is 4.82. The zero-order valence-corrected chi connectivity index (χ0v) is 8.40. The standard InChI is InChI=1S/C11H21N/c1-4-6-7-8-9-12-10-11(3)5-2/h1,11-12H,5-10H2,2-3H3. The van der Waals surface area contributed by atoms with Crippen LogP contribution >= 0.6 is 0 Å². The van der Waals surface area contributed by atoms with Crippen molar-refractivity contribution < 1.29 is 0 Å². The number of nitrogens with one attached hydrogen (secondary N) is 1. The van der Waals surface area contributed by atoms with Gasteiger partial charge in [0.05, 0.1) is 0 Å². The highest BCUT2D eigenvalue weighted by atomic mass is 14.8. The molecule has 0 heterocycles. The van der Waals surface area contributed by atoms with Crippen molar-refractivity contribution >= 4 is 0 Å². The van der Waals surface area contributed by atoms with Crippen molar-refractivity contribution in [3.63, 3.8) is 0 Å². The van der Waals surface area contributed by atoms with Crippen molar-refractivity contribution in [1.82, 2.24) is 5.32 Å². The second kappa shape index (κ2) is 8.62. The summed E-state index contributed by atoms with van der Waals surface area (Å²) in [5.41, 5.74) is 0. The molecule has 12 heavy (non-hydrogen) atoms. The summed E-state index contributed by atoms with van der Waals surface area (Å²) >= 11 is 0. The van der Waals surface area contributed by atoms with Gasteiger partial charge in [-0.05, 0) is 31.8 Å². The summed E-state index contributed by atoms with van der Waals surface area (Å²) in [6.07, 6.45) is 9.69. The van der Waals surface area contributed by atoms with Crippen LogP contribution in [0.1, 0.15) is 39.5 Å². The van der Waals surface area contributed by atoms with Gasteiger partial charge in [0.15, 0.2) is 0 Å². The summed E-state index contributed by atoms with van der Waals surface area (Å²) in [4.78, 5) is 0. The highest BCUT2D eigenvalue weighted by Gasteiger charge is 1.95. The van der Waals surface area contributed by atoms with Crippen LogP contribution in [0.5, 0.6) is 0 Å². The fourth-order valence-electron chi connectivity index (χ4n) is 0.970. The maximum absolute atomic E-state index is 5.14. The average Bonchev–Trinajstić information content (AvgIpc) is 2.10. The predicted octanol–water partition coefficient (Wildman–Crippen LogP) is 2.43. The van der Waals surface area contributed by atoms with Crippen LogP contribution in [0.25, 0.3) is 0 Å². The van der Waals surface area contributed by atoms with Crippen LogP contribution in [0, 0.1) is 18.3 Å². The van der Waals surface area contributed by atoms with E-state index in [2.05, 4.69) is 25.1 Å². The maximum Gasteiger partial charge on any atom is 0.00865 e. The van der Waals surface area contributed by atoms with E-state index < -0.39 is 0 Å². The summed E-state index contributed by atoms with van der Waals surface area (Å²) in [7, 11) is 0. The Labute approximate surface area is 76.9 Å². The number of terminal acetylenes is 1. The molecule has 1 atom stereocenters. The lowest BCUT2D eigenvalue weighted by atomic mass is 10.1. The molecule has 0 spiro atoms. The quantitative estimate of drug-likeness (QED) is 0.453. The van der Waals surface area contributed by atoms with E-state index in [1.165, 1.54) is 12.8 Å². The molecule has 0 aliphatic carbocycles. The molecule has 0 aromatic carbocycles. The van der Waals surface area contributed by atoms with Crippen molar-refractivity contribution in [3.8, 4) is 12.3 Å². The summed E-state index contributed by atoms with van der Waals surface area (Å²) < 4.78 is 0. The Bertz CT molecular complexity index is 123. The van der Waals surface area contributed by atoms with Gasteiger partial charge >= 0.3 is 0 Å². The van der Waals surface area contributed by atoms with Gasteiger partial charge in [-0.15, -0.1) is 12.3 Å². The summed E-state index contributed by atoms with van der Waals surface area (Å²) in [6.45, 7) is 6.76. The monoisotopic (exact) mass is 167 g/mol. The third-order valence-electron chi connectivity index (χ3n) is 2.11. The Morgan fingerprint density at radius 3 is 2.75 bits per heavy atom. The van der Waals surface area contributed by atoms with Crippen LogP contribution in [-0.2, 0) is 0 Å². The molecule has 0 saturated heterocycles. The van der Waals surface area contributed by atoms with Gasteiger partial charge in [0, 0.05) is 6.42 Å². The van der Waals surface area contributed by atoms with Crippen LogP contribution in [-0.4, -0.2) is 13.1 Å². The molecule has 0 bridgehead atoms. The lowest BCUT2D eigenvalue weighted by molar-refractivity contribution is 0.492. The largest absolute Gasteiger partial charge is 0.316 e. The molecule has 70 valence electrons. The SMILES string of the molecule is C#CCCCCNCC(C)CC. The Kier molecular flexibility index (Phi) is 8.27. The van der Waals surface area contributed by atoms with E-state index >= 15 is 0 Å². The molecular weight excluding hydrogens is 146 g/mol. The topological polar surface area (TPSA) is 12.0 Å². The first-order chi connectivity index (χ1) is 5.81. The van der Waals surface area contributed by atoms with Gasteiger partial charge in [0.25, 0.3) is 0 Å². The fraction of sp³-hybridized carbons (Fsp3) is 0.818. The third-order valence-corrected chi connectivity index (χ3v) is 2.11. The molecule has 0 saturated carbocycles. The summed E-state index contributed by atoms with van der Waals surface area (Å²) in [5.74, 6) is 3.45. The minimum atomic E-state index is 0.803. The van der Waals surface area contributed by atoms with Gasteiger partial charge in [0.2, 0.25) is 0 Å². The van der Waals surface area contributed by atoms with Gasteiger partial charge in [-0.2, -0.15) is 0 Å². The Balaban J connectivity index is 2.96. The van der Waals surface area contributed by atoms with Gasteiger partial charge in [-0.25, -0.2) is 0 Å². The first-order valence-corrected chi connectivity index (χ1v) is 4.95. The van der Waals surface area contributed by atoms with Crippen molar-refractivity contribution in [3.05, 3.63) is 0 Å². The van der Waals surface area contributed by atoms with Crippen LogP contribution in [0.3, 0.4) is 0 Å². The van der Waals surface area contributed by atoms with Crippen LogP contribution < -0.4 is 5.32 Å². The summed E-state index contributed by atoms with van der Waals surface area (Å²) in [6, 6.07) is 0. The van der Waals surface area contributed by atoms with Gasteiger partial charge in [0.1, 0.15) is 0 Å². The first kappa shape index (κ1) is 11.5. The van der Waals surface area contributed by atoms with E-state index in [4.69, 9.17) is 6.42 Å². The minimum Gasteiger partial charge on any atom is -0.316 e. The number of rotatable bonds is 7. The van der Waals surface area contributed by atoms with E-state index in [0.717, 1.165) is 31.8 Å². The minimum absolute atomic E-state index is 0.803. The normalized spacial score (nSPS) is 12.4. The molecule has 0 aliphatic heterocycles. The second-order valence-corrected chi connectivity index (χ2v) is 3.38. The summed E-state index contributed by atoms with van der Waals surface area (Å²) in [5, 5.41) is 3.43. The molecule has 0 amide bonds. The number of unbranched alkanes of at least 4 members (excludes halogenated alkanes) is 2. The van der Waals surface area contributed by atoms with E-state index in [1.807, 2.05) is 0 Å². The first-order valence-electron chi connectivity index (χ1n) is 4.95. The third kappa shape index (κ3) is 7.63. The fourth-order valence-corrected chi connectivity index (χ4v) is 0.970. The van der Waals surface area contributed by atoms with E-state index in [1.54, 1.807) is 0 Å². The van der Waals surface area contributed by atoms with Crippen LogP contribution in [0.2, 0.25) is 0 Å². The van der Waals surface area contributed by atoms with E-state index in [-0.39, 0.29) is 0 Å². The molecule has 1 heteroatoms. The van der Waals surface area contributed by atoms with E-state index in [0.29, 0.717) is 0 Å². The van der Waals surface area contributed by atoms with Crippen molar-refractivity contribution in [1.29, 1.82) is 0 Å². The molecule has 0 aromatic heterocycles. The van der Waals surface area contributed by atoms with Crippen LogP contribution in [0.4, 0.5) is 0 Å². The Hall–Kier alpha value is -0.480. The molecule has 1 nitrogen and oxygen atoms in total. The molecule has 0 aromatic rings. The van der Waals surface area contributed by atoms with Gasteiger partial charge in [-0.1, -0.05) is 20.3 Å². The Morgan fingerprint density at radius 1 is 1.42 bits per heavy atom. The Morgan fingerprint density at radius 2 is 2.17 bits per heavy atom. The lowest BCUT2D eigenvalue weighted by Gasteiger charge is -2.08. The molecule has 0 aliphatic rings. The lowest BCUT2D eigenvalue weighted by Crippen LogP contribution is -2.21. The molecule has 0 fully saturated rings. The molecule has 0 radical (unpaired) electrons. The van der Waals surface area contributed by atoms with Crippen molar-refractivity contribution in [2.24, 2.45) is 5.92 Å². The number of hydrogen-bond donors (Lipinski definition) is 1. The molecule has 0 rings (SSSR count). The van der Waals surface area contributed by atoms with Crippen molar-refractivity contribution in [2.75, 3.05) is 13.1 Å². The van der Waals surface area contributed by atoms with Crippen molar-refractivity contribution in [2.45, 2.75) is 39.5 Å². The average molecular weight is 167 g/mol. The predicted molar refractivity (Wildman–Crippen MR) is 55.0 cm³/mol. The highest BCUT2D eigenvalue weighted by Crippen LogP contribution is 1.97. The van der Waals surface area contributed by atoms with Crippen LogP contribution in [0.15, 0.2) is 0 Å². The van der Waals surface area contributed by atoms with E-state index in [9.17, 15) is 0 Å². The van der Waals surface area contributed by atoms with Gasteiger partial charge in [-0.3, -0.25) is 0 Å². The molecule has 1 N–H and O–H groups in total. The molecule has 1 unspecified atom stereocenters.